The van der Waals surface area contributed by atoms with Gasteiger partial charge in [-0.15, -0.1) is 0 Å². The minimum absolute atomic E-state index is 0.169. The number of aliphatic hydroxyl groups is 1. The average molecular weight is 466 g/mol. The van der Waals surface area contributed by atoms with Gasteiger partial charge in [0.15, 0.2) is 0 Å². The number of hydrogen-bond donors (Lipinski definition) is 1. The highest BCUT2D eigenvalue weighted by Crippen LogP contribution is 2.47. The molecule has 2 atom stereocenters. The Morgan fingerprint density at radius 2 is 1.72 bits per heavy atom. The second kappa shape index (κ2) is 9.74. The molecule has 1 saturated heterocycles. The molecule has 1 saturated carbocycles. The SMILES string of the molecule is O[C@@H](CN1CCC[C@H](CCc2ccc(C(F)(F)F)cc2)C1)C1(c2ccc(Cl)cc2)CCC1. The fourth-order valence-electron chi connectivity index (χ4n) is 5.36. The summed E-state index contributed by atoms with van der Waals surface area (Å²) < 4.78 is 38.3. The molecular weight excluding hydrogens is 435 g/mol. The normalized spacial score (nSPS) is 22.3. The van der Waals surface area contributed by atoms with Crippen LogP contribution in [0, 0.1) is 5.92 Å². The molecule has 1 heterocycles. The maximum atomic E-state index is 12.8. The van der Waals surface area contributed by atoms with Gasteiger partial charge >= 0.3 is 6.18 Å². The molecule has 2 aliphatic rings. The lowest BCUT2D eigenvalue weighted by atomic mass is 9.61. The Morgan fingerprint density at radius 3 is 2.31 bits per heavy atom. The van der Waals surface area contributed by atoms with Crippen molar-refractivity contribution in [3.05, 3.63) is 70.2 Å². The Kier molecular flexibility index (Phi) is 7.18. The topological polar surface area (TPSA) is 23.5 Å². The number of hydrogen-bond acceptors (Lipinski definition) is 2. The number of nitrogens with zero attached hydrogens (tertiary/aromatic N) is 1. The first-order chi connectivity index (χ1) is 15.3. The first-order valence-electron chi connectivity index (χ1n) is 11.6. The van der Waals surface area contributed by atoms with E-state index in [-0.39, 0.29) is 5.41 Å². The number of aryl methyl sites for hydroxylation is 1. The summed E-state index contributed by atoms with van der Waals surface area (Å²) in [5, 5.41) is 11.9. The van der Waals surface area contributed by atoms with Gasteiger partial charge < -0.3 is 10.0 Å². The minimum Gasteiger partial charge on any atom is -0.391 e. The van der Waals surface area contributed by atoms with Crippen LogP contribution in [0.3, 0.4) is 0 Å². The third-order valence-corrected chi connectivity index (χ3v) is 7.71. The molecule has 0 amide bonds. The molecule has 1 aliphatic carbocycles. The van der Waals surface area contributed by atoms with Crippen molar-refractivity contribution in [3.8, 4) is 0 Å². The van der Waals surface area contributed by atoms with Gasteiger partial charge in [0.1, 0.15) is 0 Å². The fraction of sp³-hybridized carbons (Fsp3) is 0.538. The van der Waals surface area contributed by atoms with Crippen LogP contribution in [-0.2, 0) is 18.0 Å². The van der Waals surface area contributed by atoms with Crippen LogP contribution in [0.1, 0.15) is 55.2 Å². The van der Waals surface area contributed by atoms with Gasteiger partial charge in [-0.1, -0.05) is 42.3 Å². The predicted octanol–water partition coefficient (Wildman–Crippen LogP) is 6.49. The lowest BCUT2D eigenvalue weighted by Crippen LogP contribution is -2.52. The van der Waals surface area contributed by atoms with Crippen molar-refractivity contribution >= 4 is 11.6 Å². The van der Waals surface area contributed by atoms with Crippen molar-refractivity contribution < 1.29 is 18.3 Å². The Balaban J connectivity index is 1.31. The highest BCUT2D eigenvalue weighted by Gasteiger charge is 2.45. The van der Waals surface area contributed by atoms with Crippen LogP contribution < -0.4 is 0 Å². The fourth-order valence-corrected chi connectivity index (χ4v) is 5.48. The first-order valence-corrected chi connectivity index (χ1v) is 12.0. The van der Waals surface area contributed by atoms with Crippen molar-refractivity contribution in [2.24, 2.45) is 5.92 Å². The van der Waals surface area contributed by atoms with Crippen LogP contribution in [0.5, 0.6) is 0 Å². The van der Waals surface area contributed by atoms with E-state index in [2.05, 4.69) is 4.90 Å². The molecule has 0 bridgehead atoms. The number of likely N-dealkylation sites (tertiary alicyclic amines) is 1. The lowest BCUT2D eigenvalue weighted by molar-refractivity contribution is -0.137. The van der Waals surface area contributed by atoms with Gasteiger partial charge in [-0.2, -0.15) is 13.2 Å². The zero-order chi connectivity index (χ0) is 22.8. The molecule has 1 aliphatic heterocycles. The standard InChI is InChI=1S/C26H31ClF3NO/c27-23-12-10-21(11-13-23)25(14-2-15-25)24(32)18-31-16-1-3-20(17-31)5-4-19-6-8-22(9-7-19)26(28,29)30/h6-13,20,24,32H,1-5,14-18H2/t20-,24+/m1/s1. The maximum absolute atomic E-state index is 12.8. The maximum Gasteiger partial charge on any atom is 0.416 e. The van der Waals surface area contributed by atoms with Gasteiger partial charge in [0.05, 0.1) is 11.7 Å². The smallest absolute Gasteiger partial charge is 0.391 e. The van der Waals surface area contributed by atoms with E-state index in [1.165, 1.54) is 17.7 Å². The van der Waals surface area contributed by atoms with E-state index in [0.717, 1.165) is 63.6 Å². The van der Waals surface area contributed by atoms with Crippen molar-refractivity contribution in [1.82, 2.24) is 4.90 Å². The third kappa shape index (κ3) is 5.32. The summed E-state index contributed by atoms with van der Waals surface area (Å²) in [5.74, 6) is 0.506. The van der Waals surface area contributed by atoms with Crippen LogP contribution in [0.4, 0.5) is 13.2 Å². The molecule has 6 heteroatoms. The van der Waals surface area contributed by atoms with E-state index in [0.29, 0.717) is 17.5 Å². The van der Waals surface area contributed by atoms with Gasteiger partial charge in [0.25, 0.3) is 0 Å². The van der Waals surface area contributed by atoms with Gasteiger partial charge in [0.2, 0.25) is 0 Å². The second-order valence-electron chi connectivity index (χ2n) is 9.53. The summed E-state index contributed by atoms with van der Waals surface area (Å²) in [6, 6.07) is 13.5. The number of rotatable bonds is 7. The first kappa shape index (κ1) is 23.6. The van der Waals surface area contributed by atoms with E-state index in [4.69, 9.17) is 11.6 Å². The molecule has 4 rings (SSSR count). The van der Waals surface area contributed by atoms with Crippen LogP contribution in [0.25, 0.3) is 0 Å². The second-order valence-corrected chi connectivity index (χ2v) is 9.97. The van der Waals surface area contributed by atoms with Crippen molar-refractivity contribution in [1.29, 1.82) is 0 Å². The zero-order valence-corrected chi connectivity index (χ0v) is 19.0. The molecule has 2 fully saturated rings. The largest absolute Gasteiger partial charge is 0.416 e. The summed E-state index contributed by atoms with van der Waals surface area (Å²) in [5.41, 5.74) is 1.37. The summed E-state index contributed by atoms with van der Waals surface area (Å²) in [6.07, 6.45) is 2.41. The van der Waals surface area contributed by atoms with E-state index in [9.17, 15) is 18.3 Å². The molecule has 2 nitrogen and oxygen atoms in total. The Bertz CT molecular complexity index is 877. The molecular formula is C26H31ClF3NO. The summed E-state index contributed by atoms with van der Waals surface area (Å²) in [7, 11) is 0. The van der Waals surface area contributed by atoms with Crippen LogP contribution in [0.2, 0.25) is 5.02 Å². The van der Waals surface area contributed by atoms with Crippen molar-refractivity contribution in [3.63, 3.8) is 0 Å². The molecule has 32 heavy (non-hydrogen) atoms. The summed E-state index contributed by atoms with van der Waals surface area (Å²) in [4.78, 5) is 2.38. The monoisotopic (exact) mass is 465 g/mol. The van der Waals surface area contributed by atoms with Gasteiger partial charge in [-0.25, -0.2) is 0 Å². The molecule has 1 N–H and O–H groups in total. The van der Waals surface area contributed by atoms with Crippen LogP contribution in [-0.4, -0.2) is 35.7 Å². The van der Waals surface area contributed by atoms with E-state index in [1.807, 2.05) is 24.3 Å². The molecule has 2 aromatic carbocycles. The van der Waals surface area contributed by atoms with Gasteiger partial charge in [0, 0.05) is 23.5 Å². The average Bonchev–Trinajstić information content (AvgIpc) is 2.73. The van der Waals surface area contributed by atoms with Crippen LogP contribution in [0.15, 0.2) is 48.5 Å². The molecule has 0 spiro atoms. The third-order valence-electron chi connectivity index (χ3n) is 7.46. The Hall–Kier alpha value is -1.56. The Morgan fingerprint density at radius 1 is 1.03 bits per heavy atom. The minimum atomic E-state index is -4.28. The molecule has 0 radical (unpaired) electrons. The number of β-amino-alcohol motifs (C(OH)–C–C–N with tert-alkyl or cyclic N) is 1. The lowest BCUT2D eigenvalue weighted by Gasteiger charge is -2.48. The zero-order valence-electron chi connectivity index (χ0n) is 18.3. The van der Waals surface area contributed by atoms with Crippen LogP contribution >= 0.6 is 11.6 Å². The predicted molar refractivity (Wildman–Crippen MR) is 122 cm³/mol. The quantitative estimate of drug-likeness (QED) is 0.505. The molecule has 2 aromatic rings. The van der Waals surface area contributed by atoms with Gasteiger partial charge in [-0.05, 0) is 86.4 Å². The molecule has 0 aromatic heterocycles. The summed E-state index contributed by atoms with van der Waals surface area (Å²) in [6.45, 7) is 2.60. The number of benzene rings is 2. The molecule has 174 valence electrons. The van der Waals surface area contributed by atoms with Gasteiger partial charge in [-0.3, -0.25) is 0 Å². The van der Waals surface area contributed by atoms with E-state index in [1.54, 1.807) is 12.1 Å². The van der Waals surface area contributed by atoms with Crippen molar-refractivity contribution in [2.45, 2.75) is 62.6 Å². The van der Waals surface area contributed by atoms with E-state index >= 15 is 0 Å². The summed E-state index contributed by atoms with van der Waals surface area (Å²) >= 11 is 6.06. The highest BCUT2D eigenvalue weighted by molar-refractivity contribution is 6.30. The number of alkyl halides is 3. The van der Waals surface area contributed by atoms with E-state index < -0.39 is 17.8 Å². The number of piperidine rings is 1. The Labute approximate surface area is 193 Å². The number of halogens is 4. The van der Waals surface area contributed by atoms with Crippen molar-refractivity contribution in [2.75, 3.05) is 19.6 Å². The number of aliphatic hydroxyl groups excluding tert-OH is 1. The molecule has 0 unspecified atom stereocenters. The highest BCUT2D eigenvalue weighted by atomic mass is 35.5.